The minimum absolute atomic E-state index is 0.128. The maximum Gasteiger partial charge on any atom is 0.410 e. The predicted octanol–water partition coefficient (Wildman–Crippen LogP) is 4.79. The molecule has 0 aromatic heterocycles. The lowest BCUT2D eigenvalue weighted by Gasteiger charge is -2.28. The van der Waals surface area contributed by atoms with Gasteiger partial charge in [-0.15, -0.1) is 0 Å². The van der Waals surface area contributed by atoms with Crippen LogP contribution in [-0.2, 0) is 19.0 Å². The van der Waals surface area contributed by atoms with E-state index in [1.54, 1.807) is 46.4 Å². The van der Waals surface area contributed by atoms with E-state index < -0.39 is 34.9 Å². The number of hydrogen-bond acceptors (Lipinski definition) is 7. The Kier molecular flexibility index (Phi) is 13.5. The number of ether oxygens (including phenoxy) is 3. The molecule has 0 aliphatic carbocycles. The van der Waals surface area contributed by atoms with Crippen LogP contribution in [0.4, 0.5) is 9.59 Å². The first kappa shape index (κ1) is 32.0. The van der Waals surface area contributed by atoms with Crippen molar-refractivity contribution in [2.45, 2.75) is 124 Å². The van der Waals surface area contributed by atoms with E-state index >= 15 is 0 Å². The molecule has 9 heteroatoms. The molecule has 0 aliphatic rings. The van der Waals surface area contributed by atoms with Gasteiger partial charge in [0.15, 0.2) is 0 Å². The van der Waals surface area contributed by atoms with Crippen LogP contribution >= 0.6 is 0 Å². The number of carbonyl (C=O) groups excluding carboxylic acids is 3. The molecule has 1 atom stereocenters. The van der Waals surface area contributed by atoms with Crippen molar-refractivity contribution in [2.24, 2.45) is 0 Å². The molecule has 0 aliphatic heterocycles. The number of aliphatic hydroxyl groups excluding tert-OH is 1. The Balaban J connectivity index is 5.03. The van der Waals surface area contributed by atoms with E-state index in [2.05, 4.69) is 5.32 Å². The number of nitrogens with one attached hydrogen (secondary N) is 1. The van der Waals surface area contributed by atoms with Gasteiger partial charge in [-0.05, 0) is 101 Å². The Morgan fingerprint density at radius 3 is 1.71 bits per heavy atom. The molecule has 0 bridgehead atoms. The zero-order chi connectivity index (χ0) is 26.6. The topological polar surface area (TPSA) is 114 Å². The van der Waals surface area contributed by atoms with Crippen LogP contribution in [0, 0.1) is 0 Å². The van der Waals surface area contributed by atoms with Gasteiger partial charge in [-0.1, -0.05) is 0 Å². The number of unbranched alkanes of at least 4 members (excludes halogenated alkanes) is 3. The Bertz CT molecular complexity index is 631. The highest BCUT2D eigenvalue weighted by Crippen LogP contribution is 2.15. The summed E-state index contributed by atoms with van der Waals surface area (Å²) in [5, 5.41) is 11.6. The summed E-state index contributed by atoms with van der Waals surface area (Å²) < 4.78 is 16.3. The number of alkyl carbamates (subject to hydrolysis) is 1. The number of aliphatic hydroxyl groups is 1. The number of nitrogens with zero attached hydrogens (tertiary/aromatic N) is 1. The predicted molar refractivity (Wildman–Crippen MR) is 132 cm³/mol. The van der Waals surface area contributed by atoms with Crippen LogP contribution in [0.5, 0.6) is 0 Å². The lowest BCUT2D eigenvalue weighted by Crippen LogP contribution is -2.46. The average molecular weight is 489 g/mol. The van der Waals surface area contributed by atoms with E-state index in [1.165, 1.54) is 0 Å². The summed E-state index contributed by atoms with van der Waals surface area (Å²) in [5.41, 5.74) is -1.97. The molecule has 0 spiro atoms. The van der Waals surface area contributed by atoms with Gasteiger partial charge >= 0.3 is 18.2 Å². The van der Waals surface area contributed by atoms with E-state index in [9.17, 15) is 14.4 Å². The highest BCUT2D eigenvalue weighted by molar-refractivity contribution is 5.81. The Morgan fingerprint density at radius 2 is 1.24 bits per heavy atom. The summed E-state index contributed by atoms with van der Waals surface area (Å²) in [6.07, 6.45) is 2.76. The van der Waals surface area contributed by atoms with Crippen molar-refractivity contribution in [2.75, 3.05) is 19.7 Å². The standard InChI is InChI=1S/C25H48N2O7/c1-23(2,3)32-20(29)19(26-21(30)33-24(4,5)6)15-11-13-17-27(16-12-10-14-18-28)22(31)34-25(7,8)9/h19,28H,10-18H2,1-9H3,(H,26,30)/t19-/m0/s1. The molecule has 0 heterocycles. The van der Waals surface area contributed by atoms with Crippen LogP contribution in [0.25, 0.3) is 0 Å². The third-order valence-corrected chi connectivity index (χ3v) is 4.29. The first-order valence-corrected chi connectivity index (χ1v) is 12.2. The van der Waals surface area contributed by atoms with E-state index in [1.807, 2.05) is 20.8 Å². The first-order chi connectivity index (χ1) is 15.4. The monoisotopic (exact) mass is 488 g/mol. The maximum atomic E-state index is 12.7. The third kappa shape index (κ3) is 17.4. The van der Waals surface area contributed by atoms with Crippen molar-refractivity contribution in [3.05, 3.63) is 0 Å². The van der Waals surface area contributed by atoms with E-state index in [0.29, 0.717) is 38.8 Å². The van der Waals surface area contributed by atoms with Gasteiger partial charge in [0.2, 0.25) is 0 Å². The average Bonchev–Trinajstić information content (AvgIpc) is 2.61. The van der Waals surface area contributed by atoms with Crippen molar-refractivity contribution in [1.82, 2.24) is 10.2 Å². The molecule has 2 N–H and O–H groups in total. The van der Waals surface area contributed by atoms with Gasteiger partial charge in [-0.25, -0.2) is 14.4 Å². The number of esters is 1. The fourth-order valence-corrected chi connectivity index (χ4v) is 2.93. The van der Waals surface area contributed by atoms with Crippen molar-refractivity contribution in [3.8, 4) is 0 Å². The summed E-state index contributed by atoms with van der Waals surface area (Å²) in [7, 11) is 0. The molecule has 0 saturated carbocycles. The second-order valence-corrected chi connectivity index (χ2v) is 11.5. The van der Waals surface area contributed by atoms with Crippen LogP contribution in [0.1, 0.15) is 101 Å². The summed E-state index contributed by atoms with van der Waals surface area (Å²) >= 11 is 0. The van der Waals surface area contributed by atoms with Crippen LogP contribution in [-0.4, -0.2) is 70.7 Å². The summed E-state index contributed by atoms with van der Waals surface area (Å²) in [5.74, 6) is -0.522. The molecular formula is C25H48N2O7. The van der Waals surface area contributed by atoms with E-state index in [-0.39, 0.29) is 12.7 Å². The van der Waals surface area contributed by atoms with Crippen molar-refractivity contribution in [1.29, 1.82) is 0 Å². The summed E-state index contributed by atoms with van der Waals surface area (Å²) in [6.45, 7) is 17.1. The van der Waals surface area contributed by atoms with Crippen molar-refractivity contribution in [3.63, 3.8) is 0 Å². The highest BCUT2D eigenvalue weighted by atomic mass is 16.6. The van der Waals surface area contributed by atoms with Gasteiger partial charge in [0.1, 0.15) is 22.8 Å². The summed E-state index contributed by atoms with van der Waals surface area (Å²) in [4.78, 5) is 39.2. The number of carbonyl (C=O) groups is 3. The Labute approximate surface area is 205 Å². The Hall–Kier alpha value is -2.03. The van der Waals surface area contributed by atoms with Gasteiger partial charge in [-0.2, -0.15) is 0 Å². The maximum absolute atomic E-state index is 12.7. The molecule has 0 rings (SSSR count). The fraction of sp³-hybridized carbons (Fsp3) is 0.880. The normalized spacial score (nSPS) is 13.1. The molecule has 0 aromatic rings. The second kappa shape index (κ2) is 14.4. The van der Waals surface area contributed by atoms with Gasteiger partial charge < -0.3 is 29.5 Å². The van der Waals surface area contributed by atoms with E-state index in [4.69, 9.17) is 19.3 Å². The fourth-order valence-electron chi connectivity index (χ4n) is 2.93. The van der Waals surface area contributed by atoms with Crippen LogP contribution in [0.2, 0.25) is 0 Å². The molecule has 200 valence electrons. The van der Waals surface area contributed by atoms with Gasteiger partial charge in [0.25, 0.3) is 0 Å². The van der Waals surface area contributed by atoms with Crippen LogP contribution in [0.15, 0.2) is 0 Å². The number of rotatable bonds is 12. The highest BCUT2D eigenvalue weighted by Gasteiger charge is 2.29. The third-order valence-electron chi connectivity index (χ3n) is 4.29. The van der Waals surface area contributed by atoms with E-state index in [0.717, 1.165) is 12.8 Å². The molecule has 34 heavy (non-hydrogen) atoms. The molecule has 0 radical (unpaired) electrons. The molecule has 2 amide bonds. The lowest BCUT2D eigenvalue weighted by atomic mass is 10.1. The lowest BCUT2D eigenvalue weighted by molar-refractivity contribution is -0.157. The van der Waals surface area contributed by atoms with Gasteiger partial charge in [0, 0.05) is 19.7 Å². The van der Waals surface area contributed by atoms with Gasteiger partial charge in [0.05, 0.1) is 0 Å². The molecule has 0 unspecified atom stereocenters. The molecule has 0 fully saturated rings. The molecule has 0 saturated heterocycles. The quantitative estimate of drug-likeness (QED) is 0.230. The zero-order valence-corrected chi connectivity index (χ0v) is 22.8. The molecule has 0 aromatic carbocycles. The van der Waals surface area contributed by atoms with Crippen molar-refractivity contribution >= 4 is 18.2 Å². The Morgan fingerprint density at radius 1 is 0.735 bits per heavy atom. The molecule has 9 nitrogen and oxygen atoms in total. The van der Waals surface area contributed by atoms with Crippen molar-refractivity contribution < 1.29 is 33.7 Å². The minimum Gasteiger partial charge on any atom is -0.458 e. The second-order valence-electron chi connectivity index (χ2n) is 11.5. The smallest absolute Gasteiger partial charge is 0.410 e. The SMILES string of the molecule is CC(C)(C)OC(=O)N[C@@H](CCCCN(CCCCCO)C(=O)OC(C)(C)C)C(=O)OC(C)(C)C. The van der Waals surface area contributed by atoms with Crippen LogP contribution < -0.4 is 5.32 Å². The minimum atomic E-state index is -0.853. The first-order valence-electron chi connectivity index (χ1n) is 12.2. The molecular weight excluding hydrogens is 440 g/mol. The van der Waals surface area contributed by atoms with Gasteiger partial charge in [-0.3, -0.25) is 0 Å². The number of hydrogen-bond donors (Lipinski definition) is 2. The van der Waals surface area contributed by atoms with Crippen LogP contribution in [0.3, 0.4) is 0 Å². The summed E-state index contributed by atoms with van der Waals surface area (Å²) in [6, 6.07) is -0.853. The number of amides is 2. The zero-order valence-electron chi connectivity index (χ0n) is 22.8. The largest absolute Gasteiger partial charge is 0.458 e.